The summed E-state index contributed by atoms with van der Waals surface area (Å²) in [5.74, 6) is 0.360. The molecule has 4 rings (SSSR count). The quantitative estimate of drug-likeness (QED) is 0.627. The maximum atomic E-state index is 12.3. The Morgan fingerprint density at radius 1 is 1.07 bits per heavy atom. The Morgan fingerprint density at radius 3 is 2.62 bits per heavy atom. The van der Waals surface area contributed by atoms with Crippen molar-refractivity contribution in [2.45, 2.75) is 6.61 Å². The molecule has 0 saturated carbocycles. The number of furan rings is 1. The maximum absolute atomic E-state index is 12.3. The number of fused-ring (bicyclic) bond motifs is 1. The minimum atomic E-state index is -0.500. The van der Waals surface area contributed by atoms with Gasteiger partial charge in [0, 0.05) is 5.69 Å². The van der Waals surface area contributed by atoms with Crippen LogP contribution in [0.1, 0.15) is 26.5 Å². The van der Waals surface area contributed by atoms with Crippen LogP contribution in [0.2, 0.25) is 5.02 Å². The maximum Gasteiger partial charge on any atom is 0.338 e. The Morgan fingerprint density at radius 2 is 1.86 bits per heavy atom. The Labute approximate surface area is 171 Å². The van der Waals surface area contributed by atoms with Gasteiger partial charge >= 0.3 is 5.97 Å². The van der Waals surface area contributed by atoms with Gasteiger partial charge in [-0.3, -0.25) is 4.79 Å². The number of carbonyl (C=O) groups excluding carboxylic acids is 2. The number of anilines is 1. The van der Waals surface area contributed by atoms with Crippen molar-refractivity contribution in [3.8, 4) is 11.5 Å². The second-order valence-electron chi connectivity index (χ2n) is 6.19. The van der Waals surface area contributed by atoms with Gasteiger partial charge in [-0.2, -0.15) is 0 Å². The molecule has 7 nitrogen and oxygen atoms in total. The van der Waals surface area contributed by atoms with Gasteiger partial charge in [-0.25, -0.2) is 4.79 Å². The van der Waals surface area contributed by atoms with Crippen LogP contribution < -0.4 is 14.8 Å². The first-order valence-corrected chi connectivity index (χ1v) is 9.18. The zero-order valence-electron chi connectivity index (χ0n) is 15.1. The highest BCUT2D eigenvalue weighted by Crippen LogP contribution is 2.38. The van der Waals surface area contributed by atoms with Crippen molar-refractivity contribution < 1.29 is 28.2 Å². The summed E-state index contributed by atoms with van der Waals surface area (Å²) in [5.41, 5.74) is 1.57. The van der Waals surface area contributed by atoms with Gasteiger partial charge in [0.1, 0.15) is 19.8 Å². The third-order valence-corrected chi connectivity index (χ3v) is 4.43. The number of benzene rings is 2. The van der Waals surface area contributed by atoms with Crippen LogP contribution in [0.4, 0.5) is 5.69 Å². The van der Waals surface area contributed by atoms with Crippen molar-refractivity contribution in [2.24, 2.45) is 0 Å². The van der Waals surface area contributed by atoms with Crippen molar-refractivity contribution in [1.29, 1.82) is 0 Å². The number of amides is 1. The van der Waals surface area contributed by atoms with Crippen molar-refractivity contribution in [2.75, 3.05) is 18.5 Å². The van der Waals surface area contributed by atoms with Crippen LogP contribution in [-0.2, 0) is 11.3 Å². The number of rotatable bonds is 5. The van der Waals surface area contributed by atoms with Gasteiger partial charge in [-0.05, 0) is 54.1 Å². The standard InChI is InChI=1S/C21H16ClNO6/c22-16-10-13(11-18-19(16)28-9-8-27-18)12-29-21(25)14-3-5-15(6-4-14)23-20(24)17-2-1-7-26-17/h1-7,10-11H,8-9,12H2,(H,23,24). The molecule has 2 aromatic carbocycles. The van der Waals surface area contributed by atoms with E-state index in [1.165, 1.54) is 6.26 Å². The lowest BCUT2D eigenvalue weighted by atomic mass is 10.2. The zero-order valence-corrected chi connectivity index (χ0v) is 15.9. The van der Waals surface area contributed by atoms with Crippen LogP contribution in [-0.4, -0.2) is 25.1 Å². The van der Waals surface area contributed by atoms with Crippen LogP contribution >= 0.6 is 11.6 Å². The first-order valence-electron chi connectivity index (χ1n) is 8.80. The van der Waals surface area contributed by atoms with E-state index < -0.39 is 5.97 Å². The van der Waals surface area contributed by atoms with E-state index >= 15 is 0 Å². The number of ether oxygens (including phenoxy) is 3. The number of esters is 1. The molecular weight excluding hydrogens is 398 g/mol. The SMILES string of the molecule is O=C(OCc1cc(Cl)c2c(c1)OCCO2)c1ccc(NC(=O)c2ccco2)cc1. The fraction of sp³-hybridized carbons (Fsp3) is 0.143. The molecule has 1 aliphatic rings. The topological polar surface area (TPSA) is 87.0 Å². The van der Waals surface area contributed by atoms with Gasteiger partial charge in [0.25, 0.3) is 5.91 Å². The molecule has 29 heavy (non-hydrogen) atoms. The zero-order chi connectivity index (χ0) is 20.2. The van der Waals surface area contributed by atoms with Gasteiger partial charge in [0.15, 0.2) is 17.3 Å². The lowest BCUT2D eigenvalue weighted by Gasteiger charge is -2.20. The van der Waals surface area contributed by atoms with Gasteiger partial charge in [0.2, 0.25) is 0 Å². The van der Waals surface area contributed by atoms with Crippen molar-refractivity contribution in [3.05, 3.63) is 76.7 Å². The molecule has 2 heterocycles. The normalized spacial score (nSPS) is 12.3. The minimum Gasteiger partial charge on any atom is -0.486 e. The largest absolute Gasteiger partial charge is 0.486 e. The second kappa shape index (κ2) is 8.28. The van der Waals surface area contributed by atoms with Gasteiger partial charge in [0.05, 0.1) is 16.8 Å². The average Bonchev–Trinajstić information content (AvgIpc) is 3.28. The predicted molar refractivity (Wildman–Crippen MR) is 105 cm³/mol. The number of nitrogens with one attached hydrogen (secondary N) is 1. The van der Waals surface area contributed by atoms with Crippen LogP contribution in [0.3, 0.4) is 0 Å². The number of hydrogen-bond acceptors (Lipinski definition) is 6. The van der Waals surface area contributed by atoms with E-state index in [0.29, 0.717) is 46.5 Å². The van der Waals surface area contributed by atoms with Crippen LogP contribution in [0.15, 0.2) is 59.2 Å². The summed E-state index contributed by atoms with van der Waals surface area (Å²) < 4.78 is 21.4. The molecule has 148 valence electrons. The lowest BCUT2D eigenvalue weighted by molar-refractivity contribution is 0.0472. The number of halogens is 1. The molecule has 8 heteroatoms. The summed E-state index contributed by atoms with van der Waals surface area (Å²) in [6, 6.07) is 13.0. The number of hydrogen-bond donors (Lipinski definition) is 1. The summed E-state index contributed by atoms with van der Waals surface area (Å²) in [6.45, 7) is 0.917. The Balaban J connectivity index is 1.36. The molecule has 0 atom stereocenters. The highest BCUT2D eigenvalue weighted by atomic mass is 35.5. The Bertz CT molecular complexity index is 1030. The van der Waals surface area contributed by atoms with E-state index in [9.17, 15) is 9.59 Å². The third kappa shape index (κ3) is 4.35. The predicted octanol–water partition coefficient (Wildman–Crippen LogP) is 4.31. The van der Waals surface area contributed by atoms with Crippen LogP contribution in [0, 0.1) is 0 Å². The molecule has 1 N–H and O–H groups in total. The molecule has 0 unspecified atom stereocenters. The first kappa shape index (κ1) is 18.9. The summed E-state index contributed by atoms with van der Waals surface area (Å²) >= 11 is 6.19. The van der Waals surface area contributed by atoms with E-state index in [-0.39, 0.29) is 18.3 Å². The van der Waals surface area contributed by atoms with E-state index in [2.05, 4.69) is 5.32 Å². The van der Waals surface area contributed by atoms with E-state index in [4.69, 9.17) is 30.2 Å². The molecule has 1 aliphatic heterocycles. The van der Waals surface area contributed by atoms with Crippen molar-refractivity contribution in [3.63, 3.8) is 0 Å². The summed E-state index contributed by atoms with van der Waals surface area (Å²) in [4.78, 5) is 24.3. The molecule has 0 spiro atoms. The van der Waals surface area contributed by atoms with E-state index in [1.54, 1.807) is 48.5 Å². The molecule has 0 fully saturated rings. The highest BCUT2D eigenvalue weighted by molar-refractivity contribution is 6.32. The third-order valence-electron chi connectivity index (χ3n) is 4.15. The highest BCUT2D eigenvalue weighted by Gasteiger charge is 2.17. The molecule has 0 radical (unpaired) electrons. The number of carbonyl (C=O) groups is 2. The van der Waals surface area contributed by atoms with Crippen LogP contribution in [0.5, 0.6) is 11.5 Å². The van der Waals surface area contributed by atoms with E-state index in [0.717, 1.165) is 0 Å². The van der Waals surface area contributed by atoms with Gasteiger partial charge in [-0.1, -0.05) is 11.6 Å². The monoisotopic (exact) mass is 413 g/mol. The molecule has 0 aliphatic carbocycles. The van der Waals surface area contributed by atoms with Gasteiger partial charge < -0.3 is 23.9 Å². The smallest absolute Gasteiger partial charge is 0.338 e. The fourth-order valence-corrected chi connectivity index (χ4v) is 3.06. The molecule has 1 amide bonds. The molecule has 1 aromatic heterocycles. The fourth-order valence-electron chi connectivity index (χ4n) is 2.77. The molecule has 0 saturated heterocycles. The lowest BCUT2D eigenvalue weighted by Crippen LogP contribution is -2.16. The second-order valence-corrected chi connectivity index (χ2v) is 6.59. The summed E-state index contributed by atoms with van der Waals surface area (Å²) in [6.07, 6.45) is 1.42. The summed E-state index contributed by atoms with van der Waals surface area (Å²) in [7, 11) is 0. The minimum absolute atomic E-state index is 0.0339. The van der Waals surface area contributed by atoms with Crippen molar-refractivity contribution >= 4 is 29.2 Å². The summed E-state index contributed by atoms with van der Waals surface area (Å²) in [5, 5.41) is 3.09. The first-order chi connectivity index (χ1) is 14.1. The molecule has 3 aromatic rings. The molecular formula is C21H16ClNO6. The van der Waals surface area contributed by atoms with E-state index in [1.807, 2.05) is 0 Å². The van der Waals surface area contributed by atoms with Crippen molar-refractivity contribution in [1.82, 2.24) is 0 Å². The Hall–Kier alpha value is -3.45. The van der Waals surface area contributed by atoms with Crippen LogP contribution in [0.25, 0.3) is 0 Å². The average molecular weight is 414 g/mol. The van der Waals surface area contributed by atoms with Gasteiger partial charge in [-0.15, -0.1) is 0 Å². The molecule has 0 bridgehead atoms. The Kier molecular flexibility index (Phi) is 5.39.